The lowest BCUT2D eigenvalue weighted by molar-refractivity contribution is -0.132. The van der Waals surface area contributed by atoms with Gasteiger partial charge in [0.25, 0.3) is 0 Å². The number of carboxylic acid groups (broad SMARTS) is 1. The minimum absolute atomic E-state index is 0.299. The molecule has 0 atom stereocenters. The van der Waals surface area contributed by atoms with Crippen molar-refractivity contribution in [1.29, 1.82) is 0 Å². The van der Waals surface area contributed by atoms with Gasteiger partial charge in [0.05, 0.1) is 0 Å². The Bertz CT molecular complexity index is 121. The van der Waals surface area contributed by atoms with Crippen LogP contribution in [0.5, 0.6) is 0 Å². The number of rotatable bonds is 3. The summed E-state index contributed by atoms with van der Waals surface area (Å²) in [5.74, 6) is -0.883. The zero-order valence-corrected chi connectivity index (χ0v) is 7.26. The van der Waals surface area contributed by atoms with Crippen molar-refractivity contribution in [2.24, 2.45) is 5.73 Å². The molecule has 0 saturated carbocycles. The zero-order chi connectivity index (χ0) is 9.28. The number of hydrogen-bond donors (Lipinski definition) is 2. The molecular formula is C8H17NO2. The summed E-state index contributed by atoms with van der Waals surface area (Å²) < 4.78 is 0. The van der Waals surface area contributed by atoms with Crippen molar-refractivity contribution in [1.82, 2.24) is 0 Å². The maximum atomic E-state index is 9.99. The van der Waals surface area contributed by atoms with Crippen LogP contribution in [0.4, 0.5) is 0 Å². The van der Waals surface area contributed by atoms with E-state index in [4.69, 9.17) is 10.8 Å². The Morgan fingerprint density at radius 2 is 1.91 bits per heavy atom. The minimum atomic E-state index is -0.883. The molecular weight excluding hydrogens is 142 g/mol. The molecule has 3 nitrogen and oxygen atoms in total. The molecule has 0 unspecified atom stereocenters. The van der Waals surface area contributed by atoms with E-state index in [1.165, 1.54) is 0 Å². The van der Waals surface area contributed by atoms with Crippen LogP contribution in [0.2, 0.25) is 0 Å². The van der Waals surface area contributed by atoms with Crippen molar-refractivity contribution in [2.45, 2.75) is 26.7 Å². The van der Waals surface area contributed by atoms with E-state index in [1.54, 1.807) is 0 Å². The fraction of sp³-hybridized carbons (Fsp3) is 0.625. The highest BCUT2D eigenvalue weighted by Crippen LogP contribution is 1.99. The minimum Gasteiger partial charge on any atom is -0.478 e. The van der Waals surface area contributed by atoms with Crippen LogP contribution in [0.15, 0.2) is 12.2 Å². The second-order valence-electron chi connectivity index (χ2n) is 2.07. The summed E-state index contributed by atoms with van der Waals surface area (Å²) in [6.07, 6.45) is 1.44. The Morgan fingerprint density at radius 3 is 2.00 bits per heavy atom. The maximum Gasteiger partial charge on any atom is 0.330 e. The molecule has 3 heteroatoms. The highest BCUT2D eigenvalue weighted by atomic mass is 16.4. The summed E-state index contributed by atoms with van der Waals surface area (Å²) in [5.41, 5.74) is 5.15. The predicted molar refractivity (Wildman–Crippen MR) is 46.4 cm³/mol. The maximum absolute atomic E-state index is 9.99. The van der Waals surface area contributed by atoms with Gasteiger partial charge in [0.15, 0.2) is 0 Å². The third-order valence-electron chi connectivity index (χ3n) is 0.854. The number of nitrogens with two attached hydrogens (primary N) is 1. The molecule has 0 aliphatic rings. The molecule has 0 saturated heterocycles. The summed E-state index contributed by atoms with van der Waals surface area (Å²) in [6.45, 7) is 7.92. The third-order valence-corrected chi connectivity index (χ3v) is 0.854. The summed E-state index contributed by atoms with van der Waals surface area (Å²) in [5, 5.41) is 8.21. The van der Waals surface area contributed by atoms with E-state index in [9.17, 15) is 4.79 Å². The predicted octanol–water partition coefficient (Wildman–Crippen LogP) is 1.39. The first kappa shape index (κ1) is 12.8. The molecule has 0 aromatic carbocycles. The molecule has 0 bridgehead atoms. The molecule has 66 valence electrons. The lowest BCUT2D eigenvalue weighted by atomic mass is 10.2. The van der Waals surface area contributed by atoms with E-state index in [-0.39, 0.29) is 0 Å². The van der Waals surface area contributed by atoms with Gasteiger partial charge in [0, 0.05) is 5.57 Å². The quantitative estimate of drug-likeness (QED) is 0.612. The van der Waals surface area contributed by atoms with Crippen LogP contribution in [0.3, 0.4) is 0 Å². The molecule has 0 rings (SSSR count). The first-order valence-corrected chi connectivity index (χ1v) is 3.71. The van der Waals surface area contributed by atoms with Crippen LogP contribution in [-0.4, -0.2) is 17.6 Å². The van der Waals surface area contributed by atoms with Gasteiger partial charge in [-0.1, -0.05) is 26.8 Å². The molecule has 0 aromatic heterocycles. The molecule has 3 N–H and O–H groups in total. The number of aliphatic carboxylic acids is 1. The Kier molecular flexibility index (Phi) is 10.7. The Morgan fingerprint density at radius 1 is 1.55 bits per heavy atom. The molecule has 0 aliphatic carbocycles. The van der Waals surface area contributed by atoms with Crippen molar-refractivity contribution >= 4 is 5.97 Å². The third kappa shape index (κ3) is 12.4. The van der Waals surface area contributed by atoms with E-state index in [0.29, 0.717) is 12.0 Å². The van der Waals surface area contributed by atoms with Crippen molar-refractivity contribution in [3.8, 4) is 0 Å². The fourth-order valence-electron chi connectivity index (χ4n) is 0.409. The first-order chi connectivity index (χ1) is 5.09. The van der Waals surface area contributed by atoms with Gasteiger partial charge in [-0.05, 0) is 13.0 Å². The van der Waals surface area contributed by atoms with Crippen LogP contribution in [-0.2, 0) is 4.79 Å². The monoisotopic (exact) mass is 159 g/mol. The summed E-state index contributed by atoms with van der Waals surface area (Å²) in [6, 6.07) is 0. The number of carboxylic acids is 1. The summed E-state index contributed by atoms with van der Waals surface area (Å²) in [7, 11) is 0. The van der Waals surface area contributed by atoms with Crippen molar-refractivity contribution in [2.75, 3.05) is 6.54 Å². The van der Waals surface area contributed by atoms with Gasteiger partial charge in [-0.3, -0.25) is 0 Å². The lowest BCUT2D eigenvalue weighted by Crippen LogP contribution is -1.97. The molecule has 11 heavy (non-hydrogen) atoms. The molecule has 0 spiro atoms. The SMILES string of the molecule is C=C(CCC)C(=O)O.CCN. The fourth-order valence-corrected chi connectivity index (χ4v) is 0.409. The Balaban J connectivity index is 0. The largest absolute Gasteiger partial charge is 0.478 e. The van der Waals surface area contributed by atoms with E-state index in [2.05, 4.69) is 6.58 Å². The second kappa shape index (κ2) is 9.17. The van der Waals surface area contributed by atoms with E-state index < -0.39 is 5.97 Å². The van der Waals surface area contributed by atoms with Gasteiger partial charge >= 0.3 is 5.97 Å². The smallest absolute Gasteiger partial charge is 0.330 e. The van der Waals surface area contributed by atoms with Crippen LogP contribution < -0.4 is 5.73 Å². The topological polar surface area (TPSA) is 63.3 Å². The van der Waals surface area contributed by atoms with Gasteiger partial charge in [-0.2, -0.15) is 0 Å². The Hall–Kier alpha value is -0.830. The molecule has 0 heterocycles. The average molecular weight is 159 g/mol. The molecule has 0 radical (unpaired) electrons. The molecule has 0 fully saturated rings. The molecule has 0 aliphatic heterocycles. The first-order valence-electron chi connectivity index (χ1n) is 3.71. The van der Waals surface area contributed by atoms with Crippen LogP contribution in [0.25, 0.3) is 0 Å². The molecule has 0 amide bonds. The van der Waals surface area contributed by atoms with E-state index >= 15 is 0 Å². The van der Waals surface area contributed by atoms with Crippen molar-refractivity contribution in [3.05, 3.63) is 12.2 Å². The van der Waals surface area contributed by atoms with Crippen LogP contribution in [0.1, 0.15) is 26.7 Å². The van der Waals surface area contributed by atoms with Gasteiger partial charge in [0.2, 0.25) is 0 Å². The van der Waals surface area contributed by atoms with Gasteiger partial charge in [0.1, 0.15) is 0 Å². The Labute approximate surface area is 67.9 Å². The second-order valence-corrected chi connectivity index (χ2v) is 2.07. The summed E-state index contributed by atoms with van der Waals surface area (Å²) >= 11 is 0. The van der Waals surface area contributed by atoms with E-state index in [0.717, 1.165) is 13.0 Å². The van der Waals surface area contributed by atoms with Crippen LogP contribution >= 0.6 is 0 Å². The zero-order valence-electron chi connectivity index (χ0n) is 7.26. The normalized spacial score (nSPS) is 7.91. The van der Waals surface area contributed by atoms with Gasteiger partial charge in [-0.25, -0.2) is 4.79 Å². The van der Waals surface area contributed by atoms with Crippen LogP contribution in [0, 0.1) is 0 Å². The average Bonchev–Trinajstić information content (AvgIpc) is 1.90. The number of carbonyl (C=O) groups is 1. The molecule has 0 aromatic rings. The standard InChI is InChI=1S/C6H10O2.C2H7N/c1-3-4-5(2)6(7)8;1-2-3/h2-4H2,1H3,(H,7,8);2-3H2,1H3. The lowest BCUT2D eigenvalue weighted by Gasteiger charge is -1.92. The van der Waals surface area contributed by atoms with Gasteiger partial charge in [-0.15, -0.1) is 0 Å². The highest BCUT2D eigenvalue weighted by molar-refractivity contribution is 5.85. The highest BCUT2D eigenvalue weighted by Gasteiger charge is 1.99. The number of hydrogen-bond acceptors (Lipinski definition) is 2. The van der Waals surface area contributed by atoms with Gasteiger partial charge < -0.3 is 10.8 Å². The summed E-state index contributed by atoms with van der Waals surface area (Å²) in [4.78, 5) is 9.99. The van der Waals surface area contributed by atoms with Crippen molar-refractivity contribution < 1.29 is 9.90 Å². The van der Waals surface area contributed by atoms with E-state index in [1.807, 2.05) is 13.8 Å². The van der Waals surface area contributed by atoms with Crippen molar-refractivity contribution in [3.63, 3.8) is 0 Å².